The van der Waals surface area contributed by atoms with Crippen LogP contribution in [-0.4, -0.2) is 24.7 Å². The van der Waals surface area contributed by atoms with Crippen molar-refractivity contribution in [2.24, 2.45) is 14.1 Å². The van der Waals surface area contributed by atoms with E-state index >= 15 is 0 Å². The van der Waals surface area contributed by atoms with Gasteiger partial charge in [-0.1, -0.05) is 20.8 Å². The molecule has 0 fully saturated rings. The monoisotopic (exact) mass is 276 g/mol. The molecule has 110 valence electrons. The van der Waals surface area contributed by atoms with Crippen molar-refractivity contribution in [3.8, 4) is 0 Å². The Hall–Kier alpha value is -1.62. The molecule has 0 aliphatic rings. The summed E-state index contributed by atoms with van der Waals surface area (Å²) < 4.78 is 3.63. The van der Waals surface area contributed by atoms with E-state index in [-0.39, 0.29) is 5.41 Å². The number of aromatic nitrogens is 4. The Labute approximate surface area is 120 Å². The lowest BCUT2D eigenvalue weighted by molar-refractivity contribution is 0.164. The number of nitrogens with zero attached hydrogens (tertiary/aromatic N) is 4. The molecule has 1 atom stereocenters. The van der Waals surface area contributed by atoms with Gasteiger partial charge in [0.25, 0.3) is 0 Å². The predicted octanol–water partition coefficient (Wildman–Crippen LogP) is 2.12. The van der Waals surface area contributed by atoms with Crippen LogP contribution >= 0.6 is 0 Å². The van der Waals surface area contributed by atoms with Crippen LogP contribution in [0, 0.1) is 0 Å². The summed E-state index contributed by atoms with van der Waals surface area (Å²) in [6, 6.07) is 1.99. The minimum Gasteiger partial charge on any atom is -0.388 e. The molecular formula is C15H24N4O. The summed E-state index contributed by atoms with van der Waals surface area (Å²) in [4.78, 5) is 0. The van der Waals surface area contributed by atoms with Crippen molar-refractivity contribution in [2.45, 2.75) is 45.1 Å². The van der Waals surface area contributed by atoms with Crippen molar-refractivity contribution in [3.63, 3.8) is 0 Å². The number of aryl methyl sites for hydroxylation is 3. The minimum atomic E-state index is -0.493. The molecule has 0 aliphatic heterocycles. The number of hydrogen-bond acceptors (Lipinski definition) is 3. The summed E-state index contributed by atoms with van der Waals surface area (Å²) in [5.41, 5.74) is 2.97. The van der Waals surface area contributed by atoms with Crippen LogP contribution in [0.4, 0.5) is 0 Å². The van der Waals surface area contributed by atoms with Crippen LogP contribution in [0.2, 0.25) is 0 Å². The van der Waals surface area contributed by atoms with E-state index in [0.717, 1.165) is 23.4 Å². The second kappa shape index (κ2) is 5.40. The normalized spacial score (nSPS) is 13.7. The minimum absolute atomic E-state index is 0.0654. The summed E-state index contributed by atoms with van der Waals surface area (Å²) in [5, 5.41) is 19.1. The van der Waals surface area contributed by atoms with Gasteiger partial charge in [-0.25, -0.2) is 0 Å². The molecule has 0 radical (unpaired) electrons. The molecule has 1 N–H and O–H groups in total. The zero-order valence-electron chi connectivity index (χ0n) is 13.0. The van der Waals surface area contributed by atoms with Crippen LogP contribution in [0.5, 0.6) is 0 Å². The first-order chi connectivity index (χ1) is 9.29. The molecule has 2 aromatic rings. The van der Waals surface area contributed by atoms with E-state index in [4.69, 9.17) is 0 Å². The third kappa shape index (κ3) is 3.10. The van der Waals surface area contributed by atoms with Gasteiger partial charge in [-0.15, -0.1) is 0 Å². The molecular weight excluding hydrogens is 252 g/mol. The maximum absolute atomic E-state index is 10.5. The number of aliphatic hydroxyl groups is 1. The van der Waals surface area contributed by atoms with Crippen LogP contribution in [0.1, 0.15) is 50.2 Å². The number of aliphatic hydroxyl groups excluding tert-OH is 1. The van der Waals surface area contributed by atoms with E-state index in [1.165, 1.54) is 0 Å². The average molecular weight is 276 g/mol. The molecule has 2 aromatic heterocycles. The molecule has 0 aromatic carbocycles. The lowest BCUT2D eigenvalue weighted by Gasteiger charge is -2.20. The van der Waals surface area contributed by atoms with E-state index in [9.17, 15) is 5.11 Å². The highest BCUT2D eigenvalue weighted by Crippen LogP contribution is 2.30. The van der Waals surface area contributed by atoms with Gasteiger partial charge in [-0.05, 0) is 18.9 Å². The van der Waals surface area contributed by atoms with Gasteiger partial charge in [0.05, 0.1) is 11.8 Å². The van der Waals surface area contributed by atoms with Gasteiger partial charge in [0, 0.05) is 43.2 Å². The third-order valence-corrected chi connectivity index (χ3v) is 3.52. The van der Waals surface area contributed by atoms with Gasteiger partial charge in [0.1, 0.15) is 0 Å². The van der Waals surface area contributed by atoms with E-state index in [2.05, 4.69) is 31.0 Å². The summed E-state index contributed by atoms with van der Waals surface area (Å²) in [5.74, 6) is 0. The van der Waals surface area contributed by atoms with Crippen molar-refractivity contribution in [3.05, 3.63) is 35.4 Å². The first kappa shape index (κ1) is 14.8. The maximum atomic E-state index is 10.5. The Balaban J connectivity index is 2.13. The molecule has 5 nitrogen and oxygen atoms in total. The Morgan fingerprint density at radius 2 is 2.00 bits per heavy atom. The van der Waals surface area contributed by atoms with E-state index < -0.39 is 6.10 Å². The Morgan fingerprint density at radius 3 is 2.55 bits per heavy atom. The highest BCUT2D eigenvalue weighted by Gasteiger charge is 2.25. The first-order valence-corrected chi connectivity index (χ1v) is 6.98. The summed E-state index contributed by atoms with van der Waals surface area (Å²) >= 11 is 0. The van der Waals surface area contributed by atoms with Crippen molar-refractivity contribution < 1.29 is 5.11 Å². The largest absolute Gasteiger partial charge is 0.388 e. The molecule has 0 spiro atoms. The zero-order valence-corrected chi connectivity index (χ0v) is 13.0. The van der Waals surface area contributed by atoms with E-state index in [0.29, 0.717) is 6.42 Å². The van der Waals surface area contributed by atoms with Gasteiger partial charge < -0.3 is 5.11 Å². The fraction of sp³-hybridized carbons (Fsp3) is 0.600. The molecule has 0 saturated heterocycles. The van der Waals surface area contributed by atoms with Crippen LogP contribution in [0.25, 0.3) is 0 Å². The van der Waals surface area contributed by atoms with E-state index in [1.807, 2.05) is 31.0 Å². The molecule has 2 rings (SSSR count). The highest BCUT2D eigenvalue weighted by molar-refractivity contribution is 5.26. The van der Waals surface area contributed by atoms with Crippen LogP contribution in [0.15, 0.2) is 18.5 Å². The quantitative estimate of drug-likeness (QED) is 0.930. The fourth-order valence-electron chi connectivity index (χ4n) is 2.42. The van der Waals surface area contributed by atoms with Gasteiger partial charge >= 0.3 is 0 Å². The Bertz CT molecular complexity index is 577. The molecule has 0 bridgehead atoms. The van der Waals surface area contributed by atoms with Crippen molar-refractivity contribution in [2.75, 3.05) is 0 Å². The van der Waals surface area contributed by atoms with Gasteiger partial charge in [-0.2, -0.15) is 10.2 Å². The first-order valence-electron chi connectivity index (χ1n) is 6.98. The smallest absolute Gasteiger partial charge is 0.0827 e. The lowest BCUT2D eigenvalue weighted by atomic mass is 9.87. The topological polar surface area (TPSA) is 55.9 Å². The predicted molar refractivity (Wildman–Crippen MR) is 78.4 cm³/mol. The van der Waals surface area contributed by atoms with Crippen molar-refractivity contribution >= 4 is 0 Å². The molecule has 1 unspecified atom stereocenters. The van der Waals surface area contributed by atoms with Gasteiger partial charge in [0.2, 0.25) is 0 Å². The highest BCUT2D eigenvalue weighted by atomic mass is 16.3. The van der Waals surface area contributed by atoms with Crippen LogP contribution < -0.4 is 0 Å². The summed E-state index contributed by atoms with van der Waals surface area (Å²) in [7, 11) is 3.82. The Kier molecular flexibility index (Phi) is 3.99. The van der Waals surface area contributed by atoms with Crippen molar-refractivity contribution in [1.29, 1.82) is 0 Å². The second-order valence-corrected chi connectivity index (χ2v) is 6.36. The van der Waals surface area contributed by atoms with E-state index in [1.54, 1.807) is 10.9 Å². The summed E-state index contributed by atoms with van der Waals surface area (Å²) in [6.07, 6.45) is 4.69. The standard InChI is InChI=1S/C15H24N4O/c1-15(2,3)14-12(10-18(4)17-14)13(20)7-6-11-8-9-16-19(11)5/h8-10,13,20H,6-7H2,1-5H3. The molecule has 2 heterocycles. The Morgan fingerprint density at radius 1 is 1.30 bits per heavy atom. The molecule has 0 amide bonds. The van der Waals surface area contributed by atoms with Crippen LogP contribution in [-0.2, 0) is 25.9 Å². The molecule has 0 saturated carbocycles. The number of hydrogen-bond donors (Lipinski definition) is 1. The fourth-order valence-corrected chi connectivity index (χ4v) is 2.42. The van der Waals surface area contributed by atoms with Gasteiger partial charge in [0.15, 0.2) is 0 Å². The average Bonchev–Trinajstić information content (AvgIpc) is 2.92. The maximum Gasteiger partial charge on any atom is 0.0827 e. The van der Waals surface area contributed by atoms with Crippen molar-refractivity contribution in [1.82, 2.24) is 19.6 Å². The lowest BCUT2D eigenvalue weighted by Crippen LogP contribution is -2.16. The third-order valence-electron chi connectivity index (χ3n) is 3.52. The SMILES string of the molecule is Cn1cc(C(O)CCc2ccnn2C)c(C(C)(C)C)n1. The van der Waals surface area contributed by atoms with Crippen LogP contribution in [0.3, 0.4) is 0 Å². The number of rotatable bonds is 4. The molecule has 20 heavy (non-hydrogen) atoms. The molecule has 5 heteroatoms. The summed E-state index contributed by atoms with van der Waals surface area (Å²) in [6.45, 7) is 6.35. The second-order valence-electron chi connectivity index (χ2n) is 6.36. The zero-order chi connectivity index (χ0) is 14.9. The molecule has 0 aliphatic carbocycles. The van der Waals surface area contributed by atoms with Gasteiger partial charge in [-0.3, -0.25) is 9.36 Å².